The molecule has 0 fully saturated rings. The van der Waals surface area contributed by atoms with E-state index in [1.165, 1.54) is 18.3 Å². The molecule has 2 heterocycles. The quantitative estimate of drug-likeness (QED) is 0.658. The van der Waals surface area contributed by atoms with Crippen LogP contribution in [0, 0.1) is 5.13 Å². The number of hydrogen-bond donors (Lipinski definition) is 1. The molecule has 1 amide bonds. The van der Waals surface area contributed by atoms with E-state index in [2.05, 4.69) is 10.5 Å². The molecule has 17 heavy (non-hydrogen) atoms. The van der Waals surface area contributed by atoms with Crippen LogP contribution < -0.4 is 5.43 Å². The zero-order chi connectivity index (χ0) is 12.3. The van der Waals surface area contributed by atoms with Crippen LogP contribution in [0.2, 0.25) is 0 Å². The standard InChI is InChI=1S/C11H10FN3OS/c1-15-6-2-3-8(15)7-13-14-11(16)9-4-5-10(12)17-9/h2-7H,1H3,(H,14,16). The smallest absolute Gasteiger partial charge is 0.281 e. The molecule has 0 aliphatic rings. The number of thiophene rings is 1. The molecule has 0 aromatic carbocycles. The van der Waals surface area contributed by atoms with E-state index in [-0.39, 0.29) is 5.13 Å². The zero-order valence-electron chi connectivity index (χ0n) is 9.05. The van der Waals surface area contributed by atoms with Gasteiger partial charge in [0.25, 0.3) is 5.91 Å². The molecule has 0 unspecified atom stereocenters. The van der Waals surface area contributed by atoms with Crippen molar-refractivity contribution in [3.8, 4) is 0 Å². The predicted octanol–water partition coefficient (Wildman–Crippen LogP) is 1.99. The second-order valence-corrected chi connectivity index (χ2v) is 4.38. The van der Waals surface area contributed by atoms with Gasteiger partial charge in [0.05, 0.1) is 16.8 Å². The van der Waals surface area contributed by atoms with E-state index in [4.69, 9.17) is 0 Å². The summed E-state index contributed by atoms with van der Waals surface area (Å²) in [4.78, 5) is 11.8. The first kappa shape index (κ1) is 11.5. The molecule has 2 aromatic rings. The average Bonchev–Trinajstić information content (AvgIpc) is 2.88. The Morgan fingerprint density at radius 3 is 2.94 bits per heavy atom. The van der Waals surface area contributed by atoms with Gasteiger partial charge in [0.1, 0.15) is 0 Å². The average molecular weight is 251 g/mol. The molecule has 0 aliphatic carbocycles. The lowest BCUT2D eigenvalue weighted by atomic mass is 10.4. The third-order valence-electron chi connectivity index (χ3n) is 2.14. The molecule has 0 radical (unpaired) electrons. The number of rotatable bonds is 3. The van der Waals surface area contributed by atoms with Crippen LogP contribution in [0.25, 0.3) is 0 Å². The predicted molar refractivity (Wildman–Crippen MR) is 64.8 cm³/mol. The van der Waals surface area contributed by atoms with Gasteiger partial charge >= 0.3 is 0 Å². The Labute approximate surface area is 101 Å². The summed E-state index contributed by atoms with van der Waals surface area (Å²) in [5.41, 5.74) is 3.20. The van der Waals surface area contributed by atoms with Gasteiger partial charge < -0.3 is 4.57 Å². The van der Waals surface area contributed by atoms with Crippen molar-refractivity contribution in [3.05, 3.63) is 46.2 Å². The lowest BCUT2D eigenvalue weighted by Gasteiger charge is -1.96. The number of nitrogens with zero attached hydrogens (tertiary/aromatic N) is 2. The molecule has 0 aliphatic heterocycles. The van der Waals surface area contributed by atoms with Crippen LogP contribution in [-0.4, -0.2) is 16.7 Å². The number of aromatic nitrogens is 1. The Balaban J connectivity index is 1.97. The van der Waals surface area contributed by atoms with E-state index in [1.54, 1.807) is 0 Å². The third-order valence-corrected chi connectivity index (χ3v) is 3.02. The molecule has 0 spiro atoms. The number of nitrogens with one attached hydrogen (secondary N) is 1. The van der Waals surface area contributed by atoms with Crippen molar-refractivity contribution >= 4 is 23.5 Å². The Kier molecular flexibility index (Phi) is 3.34. The molecule has 2 rings (SSSR count). The first-order valence-corrected chi connectivity index (χ1v) is 5.68. The molecule has 0 saturated carbocycles. The third kappa shape index (κ3) is 2.79. The van der Waals surface area contributed by atoms with Crippen LogP contribution in [-0.2, 0) is 7.05 Å². The highest BCUT2D eigenvalue weighted by molar-refractivity contribution is 7.12. The first-order chi connectivity index (χ1) is 8.16. The summed E-state index contributed by atoms with van der Waals surface area (Å²) in [5.74, 6) is -0.413. The normalized spacial score (nSPS) is 10.9. The van der Waals surface area contributed by atoms with Crippen LogP contribution in [0.15, 0.2) is 35.6 Å². The van der Waals surface area contributed by atoms with Gasteiger partial charge in [-0.3, -0.25) is 4.79 Å². The highest BCUT2D eigenvalue weighted by atomic mass is 32.1. The molecular weight excluding hydrogens is 241 g/mol. The lowest BCUT2D eigenvalue weighted by Crippen LogP contribution is -2.16. The number of hydrogen-bond acceptors (Lipinski definition) is 3. The number of carbonyl (C=O) groups excluding carboxylic acids is 1. The maximum Gasteiger partial charge on any atom is 0.281 e. The largest absolute Gasteiger partial charge is 0.350 e. The number of amides is 1. The van der Waals surface area contributed by atoms with Gasteiger partial charge in [-0.15, -0.1) is 11.3 Å². The zero-order valence-corrected chi connectivity index (χ0v) is 9.87. The van der Waals surface area contributed by atoms with Gasteiger partial charge in [-0.1, -0.05) is 0 Å². The molecule has 4 nitrogen and oxygen atoms in total. The molecule has 6 heteroatoms. The van der Waals surface area contributed by atoms with Gasteiger partial charge in [-0.25, -0.2) is 5.43 Å². The fourth-order valence-corrected chi connectivity index (χ4v) is 1.88. The number of carbonyl (C=O) groups is 1. The summed E-state index contributed by atoms with van der Waals surface area (Å²) < 4.78 is 14.5. The molecule has 2 aromatic heterocycles. The van der Waals surface area contributed by atoms with Crippen molar-refractivity contribution in [2.45, 2.75) is 0 Å². The summed E-state index contributed by atoms with van der Waals surface area (Å²) in [6.45, 7) is 0. The molecular formula is C11H10FN3OS. The number of aryl methyl sites for hydroxylation is 1. The van der Waals surface area contributed by atoms with Crippen molar-refractivity contribution in [1.82, 2.24) is 9.99 Å². The van der Waals surface area contributed by atoms with E-state index in [1.807, 2.05) is 29.9 Å². The summed E-state index contributed by atoms with van der Waals surface area (Å²) in [6.07, 6.45) is 3.40. The van der Waals surface area contributed by atoms with E-state index in [9.17, 15) is 9.18 Å². The van der Waals surface area contributed by atoms with Crippen molar-refractivity contribution in [2.24, 2.45) is 12.1 Å². The van der Waals surface area contributed by atoms with Crippen molar-refractivity contribution < 1.29 is 9.18 Å². The summed E-state index contributed by atoms with van der Waals surface area (Å²) >= 11 is 0.789. The monoisotopic (exact) mass is 251 g/mol. The highest BCUT2D eigenvalue weighted by Gasteiger charge is 2.07. The lowest BCUT2D eigenvalue weighted by molar-refractivity contribution is 0.0959. The van der Waals surface area contributed by atoms with Crippen LogP contribution in [0.4, 0.5) is 4.39 Å². The van der Waals surface area contributed by atoms with E-state index in [0.29, 0.717) is 4.88 Å². The number of halogens is 1. The van der Waals surface area contributed by atoms with Crippen LogP contribution in [0.1, 0.15) is 15.4 Å². The molecule has 0 bridgehead atoms. The van der Waals surface area contributed by atoms with Crippen LogP contribution in [0.3, 0.4) is 0 Å². The molecule has 1 N–H and O–H groups in total. The second kappa shape index (κ2) is 4.92. The van der Waals surface area contributed by atoms with Crippen molar-refractivity contribution in [3.63, 3.8) is 0 Å². The minimum absolute atomic E-state index is 0.298. The Morgan fingerprint density at radius 1 is 1.53 bits per heavy atom. The highest BCUT2D eigenvalue weighted by Crippen LogP contribution is 2.13. The number of hydrazone groups is 1. The van der Waals surface area contributed by atoms with Crippen molar-refractivity contribution in [1.29, 1.82) is 0 Å². The van der Waals surface area contributed by atoms with Gasteiger partial charge in [-0.05, 0) is 24.3 Å². The van der Waals surface area contributed by atoms with E-state index >= 15 is 0 Å². The maximum atomic E-state index is 12.7. The van der Waals surface area contributed by atoms with E-state index < -0.39 is 5.91 Å². The van der Waals surface area contributed by atoms with E-state index in [0.717, 1.165) is 17.0 Å². The Bertz CT molecular complexity index is 559. The Hall–Kier alpha value is -1.95. The summed E-state index contributed by atoms with van der Waals surface area (Å²) in [6, 6.07) is 6.41. The second-order valence-electron chi connectivity index (χ2n) is 3.35. The Morgan fingerprint density at radius 2 is 2.35 bits per heavy atom. The van der Waals surface area contributed by atoms with Crippen LogP contribution in [0.5, 0.6) is 0 Å². The minimum Gasteiger partial charge on any atom is -0.350 e. The minimum atomic E-state index is -0.413. The molecule has 88 valence electrons. The van der Waals surface area contributed by atoms with Gasteiger partial charge in [-0.2, -0.15) is 9.49 Å². The SMILES string of the molecule is Cn1cccc1C=NNC(=O)c1ccc(F)s1. The summed E-state index contributed by atoms with van der Waals surface area (Å²) in [7, 11) is 1.87. The topological polar surface area (TPSA) is 46.4 Å². The maximum absolute atomic E-state index is 12.7. The summed E-state index contributed by atoms with van der Waals surface area (Å²) in [5, 5.41) is 3.41. The molecule has 0 atom stereocenters. The fraction of sp³-hybridized carbons (Fsp3) is 0.0909. The molecule has 0 saturated heterocycles. The van der Waals surface area contributed by atoms with Gasteiger partial charge in [0.2, 0.25) is 0 Å². The fourth-order valence-electron chi connectivity index (χ4n) is 1.26. The van der Waals surface area contributed by atoms with Gasteiger partial charge in [0, 0.05) is 13.2 Å². The van der Waals surface area contributed by atoms with Gasteiger partial charge in [0.15, 0.2) is 5.13 Å². The van der Waals surface area contributed by atoms with Crippen LogP contribution >= 0.6 is 11.3 Å². The first-order valence-electron chi connectivity index (χ1n) is 4.87. The van der Waals surface area contributed by atoms with Crippen molar-refractivity contribution in [2.75, 3.05) is 0 Å².